The monoisotopic (exact) mass is 431 g/mol. The number of nitrogens with zero attached hydrogens (tertiary/aromatic N) is 3. The maximum atomic E-state index is 13.5. The van der Waals surface area contributed by atoms with Gasteiger partial charge in [0, 0.05) is 12.1 Å². The molecule has 156 valence electrons. The molecule has 0 bridgehead atoms. The van der Waals surface area contributed by atoms with Crippen molar-refractivity contribution in [3.8, 4) is 22.6 Å². The van der Waals surface area contributed by atoms with Crippen LogP contribution in [0.25, 0.3) is 22.6 Å². The molecule has 0 spiro atoms. The van der Waals surface area contributed by atoms with Gasteiger partial charge in [-0.2, -0.15) is 0 Å². The lowest BCUT2D eigenvalue weighted by Crippen LogP contribution is -2.31. The zero-order chi connectivity index (χ0) is 21.6. The lowest BCUT2D eigenvalue weighted by molar-refractivity contribution is 0.0729. The first-order valence-electron chi connectivity index (χ1n) is 10.2. The molecule has 1 heterocycles. The van der Waals surface area contributed by atoms with E-state index in [0.29, 0.717) is 34.5 Å². The molecule has 0 atom stereocenters. The van der Waals surface area contributed by atoms with E-state index in [1.54, 1.807) is 11.0 Å². The molecule has 5 nitrogen and oxygen atoms in total. The van der Waals surface area contributed by atoms with Gasteiger partial charge in [0.1, 0.15) is 0 Å². The molecule has 0 saturated heterocycles. The van der Waals surface area contributed by atoms with Gasteiger partial charge in [-0.15, -0.1) is 10.2 Å². The smallest absolute Gasteiger partial charge is 0.254 e. The van der Waals surface area contributed by atoms with Crippen LogP contribution >= 0.6 is 11.6 Å². The van der Waals surface area contributed by atoms with Gasteiger partial charge in [-0.05, 0) is 35.7 Å². The fraction of sp³-hybridized carbons (Fsp3) is 0.160. The lowest BCUT2D eigenvalue weighted by atomic mass is 9.99. The predicted octanol–water partition coefficient (Wildman–Crippen LogP) is 6.11. The number of benzene rings is 3. The van der Waals surface area contributed by atoms with Crippen molar-refractivity contribution in [2.45, 2.75) is 19.9 Å². The Morgan fingerprint density at radius 2 is 1.58 bits per heavy atom. The first-order valence-corrected chi connectivity index (χ1v) is 10.6. The molecule has 0 N–H and O–H groups in total. The van der Waals surface area contributed by atoms with Crippen LogP contribution in [0, 0.1) is 0 Å². The molecule has 0 radical (unpaired) electrons. The standard InChI is InChI=1S/C25H22ClN3O2/c1-2-16-29(17-23-27-28-24(31-23)21-14-8-9-15-22(21)26)25(30)20-13-7-6-12-19(20)18-10-4-3-5-11-18/h3-15H,2,16-17H2,1H3. The highest BCUT2D eigenvalue weighted by Gasteiger charge is 2.22. The SMILES string of the molecule is CCCN(Cc1nnc(-c2ccccc2Cl)o1)C(=O)c1ccccc1-c1ccccc1. The Bertz CT molecular complexity index is 1170. The van der Waals surface area contributed by atoms with Gasteiger partial charge in [0.2, 0.25) is 11.8 Å². The molecule has 0 aliphatic heterocycles. The summed E-state index contributed by atoms with van der Waals surface area (Å²) in [5, 5.41) is 8.80. The second-order valence-electron chi connectivity index (χ2n) is 7.12. The summed E-state index contributed by atoms with van der Waals surface area (Å²) < 4.78 is 5.83. The number of hydrogen-bond acceptors (Lipinski definition) is 4. The molecule has 4 rings (SSSR count). The van der Waals surface area contributed by atoms with E-state index >= 15 is 0 Å². The largest absolute Gasteiger partial charge is 0.419 e. The van der Waals surface area contributed by atoms with Gasteiger partial charge in [0.15, 0.2) is 0 Å². The molecule has 0 unspecified atom stereocenters. The minimum Gasteiger partial charge on any atom is -0.419 e. The summed E-state index contributed by atoms with van der Waals surface area (Å²) in [6.07, 6.45) is 0.810. The zero-order valence-electron chi connectivity index (χ0n) is 17.2. The van der Waals surface area contributed by atoms with E-state index in [9.17, 15) is 4.79 Å². The first-order chi connectivity index (χ1) is 15.2. The van der Waals surface area contributed by atoms with Gasteiger partial charge >= 0.3 is 0 Å². The van der Waals surface area contributed by atoms with E-state index < -0.39 is 0 Å². The molecular formula is C25H22ClN3O2. The Hall–Kier alpha value is -3.44. The number of carbonyl (C=O) groups is 1. The summed E-state index contributed by atoms with van der Waals surface area (Å²) in [5.41, 5.74) is 3.22. The van der Waals surface area contributed by atoms with E-state index in [2.05, 4.69) is 10.2 Å². The molecule has 0 aliphatic carbocycles. The van der Waals surface area contributed by atoms with Crippen LogP contribution in [0.2, 0.25) is 5.02 Å². The molecule has 1 aromatic heterocycles. The van der Waals surface area contributed by atoms with Crippen molar-refractivity contribution < 1.29 is 9.21 Å². The minimum atomic E-state index is -0.0706. The minimum absolute atomic E-state index is 0.0706. The topological polar surface area (TPSA) is 59.2 Å². The van der Waals surface area contributed by atoms with Crippen molar-refractivity contribution in [3.63, 3.8) is 0 Å². The van der Waals surface area contributed by atoms with Gasteiger partial charge < -0.3 is 9.32 Å². The van der Waals surface area contributed by atoms with E-state index in [1.807, 2.05) is 79.7 Å². The van der Waals surface area contributed by atoms with Gasteiger partial charge in [0.05, 0.1) is 17.1 Å². The average molecular weight is 432 g/mol. The van der Waals surface area contributed by atoms with Crippen molar-refractivity contribution in [1.82, 2.24) is 15.1 Å². The van der Waals surface area contributed by atoms with Gasteiger partial charge in [0.25, 0.3) is 5.91 Å². The summed E-state index contributed by atoms with van der Waals surface area (Å²) in [4.78, 5) is 15.2. The molecule has 31 heavy (non-hydrogen) atoms. The molecule has 3 aromatic carbocycles. The molecule has 4 aromatic rings. The van der Waals surface area contributed by atoms with E-state index in [0.717, 1.165) is 17.5 Å². The van der Waals surface area contributed by atoms with Gasteiger partial charge in [-0.3, -0.25) is 4.79 Å². The summed E-state index contributed by atoms with van der Waals surface area (Å²) in [6.45, 7) is 2.84. The van der Waals surface area contributed by atoms with E-state index in [-0.39, 0.29) is 12.5 Å². The van der Waals surface area contributed by atoms with Crippen LogP contribution in [-0.4, -0.2) is 27.5 Å². The lowest BCUT2D eigenvalue weighted by Gasteiger charge is -2.22. The third-order valence-electron chi connectivity index (χ3n) is 4.92. The number of hydrogen-bond donors (Lipinski definition) is 0. The highest BCUT2D eigenvalue weighted by Crippen LogP contribution is 2.28. The Balaban J connectivity index is 1.61. The molecule has 0 aliphatic rings. The Labute approximate surface area is 186 Å². The van der Waals surface area contributed by atoms with Crippen molar-refractivity contribution in [2.75, 3.05) is 6.54 Å². The fourth-order valence-electron chi connectivity index (χ4n) is 3.46. The molecular weight excluding hydrogens is 410 g/mol. The highest BCUT2D eigenvalue weighted by molar-refractivity contribution is 6.33. The number of halogens is 1. The van der Waals surface area contributed by atoms with Crippen LogP contribution in [0.4, 0.5) is 0 Å². The molecule has 0 fully saturated rings. The van der Waals surface area contributed by atoms with Crippen molar-refractivity contribution in [3.05, 3.63) is 95.3 Å². The second kappa shape index (κ2) is 9.58. The average Bonchev–Trinajstić information content (AvgIpc) is 3.27. The predicted molar refractivity (Wildman–Crippen MR) is 122 cm³/mol. The summed E-state index contributed by atoms with van der Waals surface area (Å²) in [7, 11) is 0. The molecule has 6 heteroatoms. The quantitative estimate of drug-likeness (QED) is 0.354. The fourth-order valence-corrected chi connectivity index (χ4v) is 3.67. The van der Waals surface area contributed by atoms with E-state index in [4.69, 9.17) is 16.0 Å². The Morgan fingerprint density at radius 1 is 0.903 bits per heavy atom. The maximum Gasteiger partial charge on any atom is 0.254 e. The summed E-state index contributed by atoms with van der Waals surface area (Å²) >= 11 is 6.24. The van der Waals surface area contributed by atoms with Crippen LogP contribution in [-0.2, 0) is 6.54 Å². The first kappa shape index (κ1) is 20.8. The summed E-state index contributed by atoms with van der Waals surface area (Å²) in [5.74, 6) is 0.641. The van der Waals surface area contributed by atoms with Crippen molar-refractivity contribution >= 4 is 17.5 Å². The van der Waals surface area contributed by atoms with E-state index in [1.165, 1.54) is 0 Å². The molecule has 1 amide bonds. The number of amides is 1. The van der Waals surface area contributed by atoms with Gasteiger partial charge in [-0.25, -0.2) is 0 Å². The maximum absolute atomic E-state index is 13.5. The Morgan fingerprint density at radius 3 is 2.32 bits per heavy atom. The Kier molecular flexibility index (Phi) is 6.43. The molecule has 0 saturated carbocycles. The van der Waals surface area contributed by atoms with Crippen LogP contribution in [0.5, 0.6) is 0 Å². The van der Waals surface area contributed by atoms with Crippen LogP contribution in [0.15, 0.2) is 83.3 Å². The van der Waals surface area contributed by atoms with Crippen molar-refractivity contribution in [1.29, 1.82) is 0 Å². The third-order valence-corrected chi connectivity index (χ3v) is 5.25. The normalized spacial score (nSPS) is 10.8. The highest BCUT2D eigenvalue weighted by atomic mass is 35.5. The van der Waals surface area contributed by atoms with Crippen molar-refractivity contribution in [2.24, 2.45) is 0 Å². The third kappa shape index (κ3) is 4.67. The number of aromatic nitrogens is 2. The zero-order valence-corrected chi connectivity index (χ0v) is 17.9. The van der Waals surface area contributed by atoms with Crippen LogP contribution < -0.4 is 0 Å². The number of rotatable bonds is 7. The number of carbonyl (C=O) groups excluding carboxylic acids is 1. The van der Waals surface area contributed by atoms with Gasteiger partial charge in [-0.1, -0.05) is 79.2 Å². The van der Waals surface area contributed by atoms with Crippen LogP contribution in [0.1, 0.15) is 29.6 Å². The summed E-state index contributed by atoms with van der Waals surface area (Å²) in [6, 6.07) is 24.8. The second-order valence-corrected chi connectivity index (χ2v) is 7.53. The van der Waals surface area contributed by atoms with Crippen LogP contribution in [0.3, 0.4) is 0 Å².